The number of nitrogens with one attached hydrogen (secondary N) is 1. The van der Waals surface area contributed by atoms with Gasteiger partial charge in [0.2, 0.25) is 0 Å². The third kappa shape index (κ3) is 5.09. The summed E-state index contributed by atoms with van der Waals surface area (Å²) in [6.07, 6.45) is 4.61. The average molecular weight is 544 g/mol. The van der Waals surface area contributed by atoms with Crippen LogP contribution in [0.1, 0.15) is 33.6 Å². The van der Waals surface area contributed by atoms with Crippen molar-refractivity contribution < 1.29 is 17.9 Å². The zero-order chi connectivity index (χ0) is 27.3. The van der Waals surface area contributed by atoms with Gasteiger partial charge in [-0.25, -0.2) is 18.4 Å². The van der Waals surface area contributed by atoms with E-state index in [0.29, 0.717) is 29.0 Å². The number of hydrogen-bond donors (Lipinski definition) is 1. The van der Waals surface area contributed by atoms with Crippen molar-refractivity contribution in [3.8, 4) is 11.4 Å². The molecule has 200 valence electrons. The number of aromatic nitrogens is 3. The number of rotatable bonds is 6. The molecule has 1 aromatic carbocycles. The molecule has 6 heterocycles. The van der Waals surface area contributed by atoms with Crippen LogP contribution >= 0.6 is 0 Å². The Hall–Kier alpha value is -3.89. The summed E-state index contributed by atoms with van der Waals surface area (Å²) in [6.45, 7) is 5.43. The summed E-state index contributed by atoms with van der Waals surface area (Å²) in [5, 5.41) is 3.73. The Morgan fingerprint density at radius 2 is 1.79 bits per heavy atom. The molecule has 3 aliphatic rings. The predicted octanol–water partition coefficient (Wildman–Crippen LogP) is 3.62. The maximum absolute atomic E-state index is 12.9. The van der Waals surface area contributed by atoms with Gasteiger partial charge in [-0.1, -0.05) is 6.07 Å². The number of pyridine rings is 3. The molecule has 0 saturated carbocycles. The third-order valence-electron chi connectivity index (χ3n) is 7.42. The number of amides is 1. The molecule has 39 heavy (non-hydrogen) atoms. The molecule has 2 bridgehead atoms. The summed E-state index contributed by atoms with van der Waals surface area (Å²) in [7, 11) is -3.45. The largest absolute Gasteiger partial charge is 0.371 e. The maximum atomic E-state index is 12.9. The maximum Gasteiger partial charge on any atom is 0.251 e. The Morgan fingerprint density at radius 3 is 2.54 bits per heavy atom. The normalized spacial score (nSPS) is 18.6. The minimum atomic E-state index is -3.45. The molecular weight excluding hydrogens is 514 g/mol. The summed E-state index contributed by atoms with van der Waals surface area (Å²) >= 11 is 0. The number of piperidine rings is 1. The molecule has 0 radical (unpaired) electrons. The number of aryl methyl sites for hydroxylation is 1. The molecule has 2 atom stereocenters. The van der Waals surface area contributed by atoms with Crippen LogP contribution < -0.4 is 10.2 Å². The van der Waals surface area contributed by atoms with Crippen LogP contribution in [0.3, 0.4) is 0 Å². The minimum Gasteiger partial charge on any atom is -0.371 e. The van der Waals surface area contributed by atoms with Crippen molar-refractivity contribution in [3.05, 3.63) is 77.1 Å². The van der Waals surface area contributed by atoms with E-state index in [4.69, 9.17) is 14.7 Å². The van der Waals surface area contributed by atoms with Gasteiger partial charge in [0.05, 0.1) is 46.2 Å². The second kappa shape index (κ2) is 9.69. The van der Waals surface area contributed by atoms with Crippen molar-refractivity contribution in [2.45, 2.75) is 43.9 Å². The quantitative estimate of drug-likeness (QED) is 0.392. The molecular formula is C29H29N5O4S. The van der Waals surface area contributed by atoms with Gasteiger partial charge in [-0.05, 0) is 67.4 Å². The standard InChI is InChI=1S/C29H29N5O4S/c1-17-9-20(10-27(18(17)2)39(3,36)37)29(35)31-14-21-11-26-19(13-30-21)7-8-25(32-26)24-5-4-6-28(33-24)34-15-22-12-23(16-34)38-22/h4-11,13,22-23H,12,14-16H2,1-3H3,(H,31,35). The number of ether oxygens (including phenoxy) is 1. The molecule has 3 aromatic heterocycles. The number of carbonyl (C=O) groups is 1. The zero-order valence-electron chi connectivity index (χ0n) is 22.0. The average Bonchev–Trinajstić information content (AvgIpc) is 2.91. The van der Waals surface area contributed by atoms with Gasteiger partial charge in [0, 0.05) is 42.9 Å². The van der Waals surface area contributed by atoms with E-state index in [0.717, 1.165) is 59.4 Å². The number of hydrogen-bond acceptors (Lipinski definition) is 8. The minimum absolute atomic E-state index is 0.163. The molecule has 1 amide bonds. The lowest BCUT2D eigenvalue weighted by molar-refractivity contribution is -0.133. The number of benzene rings is 1. The van der Waals surface area contributed by atoms with Crippen LogP contribution in [0.4, 0.5) is 5.82 Å². The lowest BCUT2D eigenvalue weighted by atomic mass is 9.99. The van der Waals surface area contributed by atoms with Gasteiger partial charge >= 0.3 is 0 Å². The Labute approximate surface area is 227 Å². The molecule has 3 saturated heterocycles. The second-order valence-corrected chi connectivity index (χ2v) is 12.3. The highest BCUT2D eigenvalue weighted by Gasteiger charge is 2.38. The number of fused-ring (bicyclic) bond motifs is 3. The van der Waals surface area contributed by atoms with E-state index in [-0.39, 0.29) is 17.3 Å². The third-order valence-corrected chi connectivity index (χ3v) is 8.64. The fourth-order valence-electron chi connectivity index (χ4n) is 5.20. The van der Waals surface area contributed by atoms with E-state index in [1.807, 2.05) is 36.4 Å². The van der Waals surface area contributed by atoms with Crippen molar-refractivity contribution in [2.24, 2.45) is 0 Å². The number of anilines is 1. The van der Waals surface area contributed by atoms with E-state index < -0.39 is 9.84 Å². The lowest BCUT2D eigenvalue weighted by Gasteiger charge is -2.47. The van der Waals surface area contributed by atoms with Crippen LogP contribution in [0.25, 0.3) is 22.3 Å². The van der Waals surface area contributed by atoms with Gasteiger partial charge in [-0.3, -0.25) is 9.78 Å². The Balaban J connectivity index is 1.20. The van der Waals surface area contributed by atoms with Crippen molar-refractivity contribution in [1.29, 1.82) is 0 Å². The van der Waals surface area contributed by atoms with E-state index in [9.17, 15) is 13.2 Å². The van der Waals surface area contributed by atoms with Crippen LogP contribution in [0.2, 0.25) is 0 Å². The summed E-state index contributed by atoms with van der Waals surface area (Å²) in [4.78, 5) is 29.5. The molecule has 3 aliphatic heterocycles. The molecule has 0 spiro atoms. The Morgan fingerprint density at radius 1 is 1.05 bits per heavy atom. The van der Waals surface area contributed by atoms with E-state index in [2.05, 4.69) is 15.2 Å². The Kier molecular flexibility index (Phi) is 6.31. The first-order chi connectivity index (χ1) is 18.6. The smallest absolute Gasteiger partial charge is 0.251 e. The predicted molar refractivity (Wildman–Crippen MR) is 148 cm³/mol. The van der Waals surface area contributed by atoms with Gasteiger partial charge in [-0.2, -0.15) is 0 Å². The summed E-state index contributed by atoms with van der Waals surface area (Å²) in [5.41, 5.74) is 4.62. The lowest BCUT2D eigenvalue weighted by Crippen LogP contribution is -2.57. The fourth-order valence-corrected chi connectivity index (χ4v) is 6.26. The molecule has 3 fully saturated rings. The van der Waals surface area contributed by atoms with Crippen LogP contribution in [0, 0.1) is 13.8 Å². The van der Waals surface area contributed by atoms with Crippen molar-refractivity contribution in [3.63, 3.8) is 0 Å². The second-order valence-electron chi connectivity index (χ2n) is 10.3. The number of morpholine rings is 1. The van der Waals surface area contributed by atoms with Crippen molar-refractivity contribution in [2.75, 3.05) is 24.2 Å². The highest BCUT2D eigenvalue weighted by molar-refractivity contribution is 7.90. The summed E-state index contributed by atoms with van der Waals surface area (Å²) < 4.78 is 30.1. The summed E-state index contributed by atoms with van der Waals surface area (Å²) in [5.74, 6) is 0.560. The molecule has 7 rings (SSSR count). The molecule has 10 heteroatoms. The fraction of sp³-hybridized carbons (Fsp3) is 0.310. The first-order valence-corrected chi connectivity index (χ1v) is 14.8. The highest BCUT2D eigenvalue weighted by Crippen LogP contribution is 2.31. The van der Waals surface area contributed by atoms with Crippen LogP contribution in [-0.4, -0.2) is 60.8 Å². The molecule has 0 aliphatic carbocycles. The van der Waals surface area contributed by atoms with Gasteiger partial charge < -0.3 is 15.0 Å². The topological polar surface area (TPSA) is 114 Å². The first-order valence-electron chi connectivity index (χ1n) is 12.9. The Bertz CT molecular complexity index is 1710. The summed E-state index contributed by atoms with van der Waals surface area (Å²) in [6, 6.07) is 14.9. The highest BCUT2D eigenvalue weighted by atomic mass is 32.2. The monoisotopic (exact) mass is 543 g/mol. The molecule has 2 unspecified atom stereocenters. The van der Waals surface area contributed by atoms with Gasteiger partial charge in [0.15, 0.2) is 9.84 Å². The first kappa shape index (κ1) is 25.4. The number of sulfone groups is 1. The van der Waals surface area contributed by atoms with Crippen LogP contribution in [0.5, 0.6) is 0 Å². The molecule has 1 N–H and O–H groups in total. The van der Waals surface area contributed by atoms with Gasteiger partial charge in [-0.15, -0.1) is 0 Å². The molecule has 4 aromatic rings. The van der Waals surface area contributed by atoms with Crippen molar-refractivity contribution >= 4 is 32.5 Å². The van der Waals surface area contributed by atoms with Gasteiger partial charge in [0.1, 0.15) is 5.82 Å². The van der Waals surface area contributed by atoms with E-state index in [1.54, 1.807) is 26.1 Å². The van der Waals surface area contributed by atoms with Crippen LogP contribution in [-0.2, 0) is 21.1 Å². The number of carbonyl (C=O) groups excluding carboxylic acids is 1. The van der Waals surface area contributed by atoms with E-state index in [1.165, 1.54) is 6.07 Å². The molecule has 9 nitrogen and oxygen atoms in total. The number of nitrogens with zero attached hydrogens (tertiary/aromatic N) is 4. The van der Waals surface area contributed by atoms with Crippen LogP contribution in [0.15, 0.2) is 59.6 Å². The SMILES string of the molecule is Cc1cc(C(=O)NCc2cc3nc(-c4cccc(N5CC6CC(C5)O6)n4)ccc3cn2)cc(S(C)(=O)=O)c1C. The van der Waals surface area contributed by atoms with Gasteiger partial charge in [0.25, 0.3) is 5.91 Å². The van der Waals surface area contributed by atoms with Crippen molar-refractivity contribution in [1.82, 2.24) is 20.3 Å². The zero-order valence-corrected chi connectivity index (χ0v) is 22.8. The van der Waals surface area contributed by atoms with E-state index >= 15 is 0 Å².